The second-order valence-electron chi connectivity index (χ2n) is 7.14. The Morgan fingerprint density at radius 3 is 1.60 bits per heavy atom. The van der Waals surface area contributed by atoms with Crippen molar-refractivity contribution < 1.29 is 28.1 Å². The first kappa shape index (κ1) is 47.4. The van der Waals surface area contributed by atoms with Gasteiger partial charge in [0.05, 0.1) is 11.8 Å². The second kappa shape index (κ2) is 24.4. The molecule has 0 aliphatic rings. The highest BCUT2D eigenvalue weighted by Crippen LogP contribution is 2.00. The van der Waals surface area contributed by atoms with E-state index in [0.29, 0.717) is 28.5 Å². The molecule has 0 spiro atoms. The maximum absolute atomic E-state index is 10.7. The van der Waals surface area contributed by atoms with Crippen LogP contribution in [0.4, 0.5) is 0 Å². The van der Waals surface area contributed by atoms with E-state index in [9.17, 15) is 19.2 Å². The highest BCUT2D eigenvalue weighted by atomic mass is 16.5. The minimum atomic E-state index is -0.404. The van der Waals surface area contributed by atoms with Crippen LogP contribution in [0.3, 0.4) is 0 Å². The molecule has 0 aromatic carbocycles. The topological polar surface area (TPSA) is 247 Å². The maximum Gasteiger partial charge on any atom is 0.282 e. The number of H-pyrrole nitrogens is 3. The number of aryl methyl sites for hydroxylation is 5. The van der Waals surface area contributed by atoms with E-state index in [1.165, 1.54) is 24.7 Å². The average molecular weight is 615 g/mol. The zero-order valence-corrected chi connectivity index (χ0v) is 21.0. The average Bonchev–Trinajstić information content (AvgIpc) is 3.60. The van der Waals surface area contributed by atoms with Crippen molar-refractivity contribution in [3.63, 3.8) is 0 Å². The Bertz CT molecular complexity index is 1570. The minimum Gasteiger partial charge on any atom is -0.502 e. The molecule has 16 heteroatoms. The van der Waals surface area contributed by atoms with Crippen LogP contribution in [0.1, 0.15) is 65.6 Å². The summed E-state index contributed by atoms with van der Waals surface area (Å²) in [4.78, 5) is 41.6. The quantitative estimate of drug-likeness (QED) is 0.161. The van der Waals surface area contributed by atoms with Crippen molar-refractivity contribution in [2.24, 2.45) is 0 Å². The summed E-state index contributed by atoms with van der Waals surface area (Å²) in [7, 11) is 0. The Morgan fingerprint density at radius 2 is 1.35 bits per heavy atom. The predicted molar refractivity (Wildman–Crippen MR) is 163 cm³/mol. The zero-order chi connectivity index (χ0) is 28.7. The van der Waals surface area contributed by atoms with Gasteiger partial charge in [0.1, 0.15) is 30.3 Å². The van der Waals surface area contributed by atoms with Crippen molar-refractivity contribution in [2.75, 3.05) is 0 Å². The van der Waals surface area contributed by atoms with E-state index >= 15 is 0 Å². The van der Waals surface area contributed by atoms with Gasteiger partial charge in [-0.1, -0.05) is 42.3 Å². The van der Waals surface area contributed by atoms with Gasteiger partial charge < -0.3 is 28.1 Å². The van der Waals surface area contributed by atoms with Crippen molar-refractivity contribution >= 4 is 0 Å². The fraction of sp³-hybridized carbons (Fsp3) is 0.370. The highest BCUT2D eigenvalue weighted by Gasteiger charge is 1.97. The Morgan fingerprint density at radius 1 is 0.721 bits per heavy atom. The summed E-state index contributed by atoms with van der Waals surface area (Å²) in [6.45, 7) is 8.37. The van der Waals surface area contributed by atoms with Crippen molar-refractivity contribution in [2.45, 2.75) is 71.8 Å². The number of hydrogen-bond donors (Lipinski definition) is 5. The normalized spacial score (nSPS) is 8.21. The molecule has 5 heterocycles. The van der Waals surface area contributed by atoms with Gasteiger partial charge >= 0.3 is 0 Å². The summed E-state index contributed by atoms with van der Waals surface area (Å²) in [5.74, 6) is 1.11. The number of aromatic hydroxyl groups is 2. The molecular formula is C27H46N6O10. The lowest BCUT2D eigenvalue weighted by Crippen LogP contribution is -2.01. The molecule has 0 amide bonds. The van der Waals surface area contributed by atoms with Gasteiger partial charge in [-0.25, -0.2) is 0 Å². The molecule has 5 aromatic rings. The van der Waals surface area contributed by atoms with Gasteiger partial charge in [-0.2, -0.15) is 15.5 Å². The Labute approximate surface area is 249 Å². The van der Waals surface area contributed by atoms with Crippen LogP contribution in [-0.4, -0.2) is 41.2 Å². The molecule has 0 aliphatic heterocycles. The molecule has 0 aliphatic carbocycles. The highest BCUT2D eigenvalue weighted by molar-refractivity contribution is 5.18. The Kier molecular flexibility index (Phi) is 26.9. The molecule has 0 unspecified atom stereocenters. The second-order valence-corrected chi connectivity index (χ2v) is 7.14. The smallest absolute Gasteiger partial charge is 0.282 e. The van der Waals surface area contributed by atoms with Crippen molar-refractivity contribution in [3.05, 3.63) is 107 Å². The Balaban J connectivity index is -0.000000137. The fourth-order valence-corrected chi connectivity index (χ4v) is 1.90. The lowest BCUT2D eigenvalue weighted by atomic mass is 10.3. The van der Waals surface area contributed by atoms with E-state index in [0.717, 1.165) is 12.5 Å². The largest absolute Gasteiger partial charge is 0.502 e. The van der Waals surface area contributed by atoms with Gasteiger partial charge in [0.25, 0.3) is 11.1 Å². The molecule has 0 atom stereocenters. The van der Waals surface area contributed by atoms with E-state index in [1.54, 1.807) is 34.6 Å². The standard InChI is InChI=1S/2C6H6O3.2C4H5NO2.C2H4N4.5CH4/c1-4-2-9-3-5(7)6(4)8;1-4-2-5(7)6(8)3-9-4;1-3-2-7-5-4(3)6;1-3-2-4(6)5-7-3;1-2-3-5-6-4-2;;;;;/h2-3,7H,1H3;2-3,8H,1H3;2*2H,1H3,(H,5,6);1H3,(H,3,4,5,6);5*1H4. The van der Waals surface area contributed by atoms with Crippen LogP contribution in [0.25, 0.3) is 0 Å². The first-order chi connectivity index (χ1) is 17.9. The van der Waals surface area contributed by atoms with E-state index in [-0.39, 0.29) is 65.2 Å². The minimum absolute atomic E-state index is 0. The molecule has 0 radical (unpaired) electrons. The van der Waals surface area contributed by atoms with Gasteiger partial charge in [-0.05, 0) is 34.6 Å². The first-order valence-corrected chi connectivity index (χ1v) is 10.4. The number of nitrogens with zero attached hydrogens (tertiary/aromatic N) is 3. The van der Waals surface area contributed by atoms with Crippen LogP contribution < -0.4 is 22.0 Å². The summed E-state index contributed by atoms with van der Waals surface area (Å²) < 4.78 is 18.2. The molecule has 244 valence electrons. The Hall–Kier alpha value is -5.41. The summed E-state index contributed by atoms with van der Waals surface area (Å²) in [5, 5.41) is 34.3. The number of aromatic amines is 3. The summed E-state index contributed by atoms with van der Waals surface area (Å²) >= 11 is 0. The summed E-state index contributed by atoms with van der Waals surface area (Å²) in [6, 6.07) is 2.62. The van der Waals surface area contributed by atoms with Crippen LogP contribution >= 0.6 is 0 Å². The van der Waals surface area contributed by atoms with Gasteiger partial charge in [0.2, 0.25) is 10.9 Å². The third kappa shape index (κ3) is 19.3. The number of hydrogen-bond acceptors (Lipinski definition) is 13. The van der Waals surface area contributed by atoms with Crippen LogP contribution in [0, 0.1) is 34.6 Å². The molecule has 43 heavy (non-hydrogen) atoms. The van der Waals surface area contributed by atoms with Crippen LogP contribution in [0.2, 0.25) is 0 Å². The SMILES string of the molecule is C.C.C.C.C.Cc1cc(=O)[nH]o1.Cc1cc(=O)c(O)co1.Cc1co[nH]c1=O.Cc1cocc(O)c1=O.Cc1nn[nH]n1. The maximum atomic E-state index is 10.7. The molecule has 16 nitrogen and oxygen atoms in total. The number of aromatic nitrogens is 6. The number of tetrazole rings is 1. The molecular weight excluding hydrogens is 568 g/mol. The van der Waals surface area contributed by atoms with Crippen molar-refractivity contribution in [3.8, 4) is 11.5 Å². The monoisotopic (exact) mass is 614 g/mol. The van der Waals surface area contributed by atoms with E-state index < -0.39 is 5.43 Å². The van der Waals surface area contributed by atoms with Gasteiger partial charge in [0, 0.05) is 17.7 Å². The molecule has 5 rings (SSSR count). The molecule has 0 bridgehead atoms. The predicted octanol–water partition coefficient (Wildman–Crippen LogP) is 4.55. The molecule has 0 saturated heterocycles. The van der Waals surface area contributed by atoms with Gasteiger partial charge in [-0.3, -0.25) is 19.2 Å². The molecule has 0 saturated carbocycles. The lowest BCUT2D eigenvalue weighted by Gasteiger charge is -1.88. The lowest BCUT2D eigenvalue weighted by molar-refractivity contribution is 0.392. The summed E-state index contributed by atoms with van der Waals surface area (Å²) in [5.41, 5.74) is -0.0903. The van der Waals surface area contributed by atoms with Crippen molar-refractivity contribution in [1.82, 2.24) is 30.9 Å². The van der Waals surface area contributed by atoms with E-state index in [1.807, 2.05) is 0 Å². The van der Waals surface area contributed by atoms with Crippen LogP contribution in [0.15, 0.2) is 74.2 Å². The van der Waals surface area contributed by atoms with Crippen molar-refractivity contribution in [1.29, 1.82) is 0 Å². The fourth-order valence-electron chi connectivity index (χ4n) is 1.90. The van der Waals surface area contributed by atoms with Gasteiger partial charge in [0.15, 0.2) is 17.3 Å². The summed E-state index contributed by atoms with van der Waals surface area (Å²) in [6.07, 6.45) is 4.71. The number of rotatable bonds is 0. The molecule has 5 aromatic heterocycles. The third-order valence-electron chi connectivity index (χ3n) is 3.80. The molecule has 5 N–H and O–H groups in total. The zero-order valence-electron chi connectivity index (χ0n) is 21.0. The van der Waals surface area contributed by atoms with Gasteiger partial charge in [-0.15, -0.1) is 10.2 Å². The number of nitrogens with one attached hydrogen (secondary N) is 3. The van der Waals surface area contributed by atoms with E-state index in [2.05, 4.69) is 48.8 Å². The third-order valence-corrected chi connectivity index (χ3v) is 3.80. The molecule has 0 fully saturated rings. The van der Waals surface area contributed by atoms with E-state index in [4.69, 9.17) is 10.2 Å². The van der Waals surface area contributed by atoms with Crippen LogP contribution in [0.5, 0.6) is 11.5 Å². The first-order valence-electron chi connectivity index (χ1n) is 10.4. The van der Waals surface area contributed by atoms with Crippen LogP contribution in [-0.2, 0) is 0 Å².